The molecule has 2 aliphatic heterocycles. The van der Waals surface area contributed by atoms with Gasteiger partial charge in [-0.15, -0.1) is 0 Å². The lowest BCUT2D eigenvalue weighted by molar-refractivity contribution is -0.137. The second-order valence-electron chi connectivity index (χ2n) is 8.80. The Morgan fingerprint density at radius 1 is 1.17 bits per heavy atom. The largest absolute Gasteiger partial charge is 0.383 e. The van der Waals surface area contributed by atoms with Crippen LogP contribution in [0, 0.1) is 0 Å². The molecule has 1 atom stereocenters. The summed E-state index contributed by atoms with van der Waals surface area (Å²) in [6.07, 6.45) is 5.06. The van der Waals surface area contributed by atoms with E-state index >= 15 is 0 Å². The highest BCUT2D eigenvalue weighted by Crippen LogP contribution is 2.40. The maximum atomic E-state index is 13.8. The van der Waals surface area contributed by atoms with Crippen molar-refractivity contribution in [3.8, 4) is 0 Å². The Bertz CT molecular complexity index is 769. The third-order valence-corrected chi connectivity index (χ3v) is 7.96. The van der Waals surface area contributed by atoms with Crippen LogP contribution in [-0.4, -0.2) is 89.6 Å². The normalized spacial score (nSPS) is 22.9. The molecule has 1 aromatic carbocycles. The number of carbonyl (C=O) groups excluding carboxylic acids is 2. The van der Waals surface area contributed by atoms with E-state index in [-0.39, 0.29) is 18.0 Å². The number of fused-ring (bicyclic) bond motifs is 1. The van der Waals surface area contributed by atoms with Crippen molar-refractivity contribution in [3.05, 3.63) is 35.4 Å². The van der Waals surface area contributed by atoms with Crippen LogP contribution in [0.25, 0.3) is 0 Å². The van der Waals surface area contributed by atoms with Gasteiger partial charge in [-0.05, 0) is 50.0 Å². The average molecular weight is 432 g/mol. The number of carbonyl (C=O) groups is 2. The first-order chi connectivity index (χ1) is 14.5. The monoisotopic (exact) mass is 431 g/mol. The number of hydrogen-bond donors (Lipinski definition) is 0. The molecule has 2 saturated heterocycles. The van der Waals surface area contributed by atoms with Crippen molar-refractivity contribution >= 4 is 23.7 Å². The molecule has 0 bridgehead atoms. The Labute approximate surface area is 183 Å². The van der Waals surface area contributed by atoms with E-state index in [4.69, 9.17) is 4.74 Å². The van der Waals surface area contributed by atoms with E-state index in [9.17, 15) is 9.59 Å². The lowest BCUT2D eigenvalue weighted by Crippen LogP contribution is -2.58. The topological polar surface area (TPSA) is 53.1 Å². The van der Waals surface area contributed by atoms with Crippen LogP contribution in [0.2, 0.25) is 0 Å². The number of methoxy groups -OCH3 is 1. The van der Waals surface area contributed by atoms with Crippen molar-refractivity contribution in [1.29, 1.82) is 0 Å². The smallest absolute Gasteiger partial charge is 0.328 e. The number of piperidine rings is 1. The molecule has 3 aliphatic rings. The molecule has 3 amide bonds. The number of amides is 3. The van der Waals surface area contributed by atoms with Crippen molar-refractivity contribution in [2.45, 2.75) is 50.2 Å². The predicted molar refractivity (Wildman–Crippen MR) is 120 cm³/mol. The molecule has 0 unspecified atom stereocenters. The van der Waals surface area contributed by atoms with E-state index in [0.29, 0.717) is 32.0 Å². The Hall–Kier alpha value is -1.57. The molecular formula is C23H33N3O3S. The lowest BCUT2D eigenvalue weighted by Gasteiger charge is -2.44. The Morgan fingerprint density at radius 3 is 2.37 bits per heavy atom. The third-order valence-electron chi connectivity index (χ3n) is 7.14. The summed E-state index contributed by atoms with van der Waals surface area (Å²) in [6, 6.07) is 8.59. The minimum Gasteiger partial charge on any atom is -0.383 e. The number of ether oxygens (including phenoxy) is 1. The quantitative estimate of drug-likeness (QED) is 0.622. The summed E-state index contributed by atoms with van der Waals surface area (Å²) in [5, 5.41) is 0. The first-order valence-corrected chi connectivity index (χ1v) is 12.3. The number of rotatable bonds is 7. The van der Waals surface area contributed by atoms with Crippen LogP contribution in [0.5, 0.6) is 0 Å². The fourth-order valence-electron chi connectivity index (χ4n) is 5.44. The molecule has 2 heterocycles. The number of thioether (sulfide) groups is 1. The summed E-state index contributed by atoms with van der Waals surface area (Å²) in [5.74, 6) is 1.10. The predicted octanol–water partition coefficient (Wildman–Crippen LogP) is 2.65. The van der Waals surface area contributed by atoms with E-state index in [1.165, 1.54) is 11.1 Å². The molecule has 0 saturated carbocycles. The van der Waals surface area contributed by atoms with Crippen LogP contribution in [0.1, 0.15) is 30.9 Å². The number of likely N-dealkylation sites (tertiary alicyclic amines) is 1. The van der Waals surface area contributed by atoms with Crippen molar-refractivity contribution in [3.63, 3.8) is 0 Å². The highest BCUT2D eigenvalue weighted by molar-refractivity contribution is 7.98. The SMILES string of the molecule is COCCN1C(=O)N(C2Cc3ccccc3C2)C(=O)C12CCN([C@@H](C)CSC)CC2. The van der Waals surface area contributed by atoms with E-state index in [1.54, 1.807) is 12.0 Å². The molecule has 30 heavy (non-hydrogen) atoms. The molecule has 1 spiro atoms. The minimum atomic E-state index is -0.708. The fraction of sp³-hybridized carbons (Fsp3) is 0.652. The van der Waals surface area contributed by atoms with Crippen LogP contribution >= 0.6 is 11.8 Å². The van der Waals surface area contributed by atoms with Crippen molar-refractivity contribution in [2.24, 2.45) is 0 Å². The maximum Gasteiger partial charge on any atom is 0.328 e. The molecule has 6 nitrogen and oxygen atoms in total. The Kier molecular flexibility index (Phi) is 6.42. The Balaban J connectivity index is 1.56. The van der Waals surface area contributed by atoms with Crippen molar-refractivity contribution < 1.29 is 14.3 Å². The number of benzene rings is 1. The molecule has 0 N–H and O–H groups in total. The standard InChI is InChI=1S/C23H33N3O3S/c1-17(16-30-3)24-10-8-23(9-11-24)21(27)26(22(28)25(23)12-13-29-2)20-14-18-6-4-5-7-19(18)15-20/h4-7,17,20H,8-16H2,1-3H3/t17-/m0/s1. The number of imide groups is 1. The van der Waals surface area contributed by atoms with E-state index in [2.05, 4.69) is 30.2 Å². The molecule has 1 aromatic rings. The van der Waals surface area contributed by atoms with E-state index in [1.807, 2.05) is 28.8 Å². The first-order valence-electron chi connectivity index (χ1n) is 11.0. The lowest BCUT2D eigenvalue weighted by atomic mass is 9.85. The second kappa shape index (κ2) is 8.89. The number of hydrogen-bond acceptors (Lipinski definition) is 5. The van der Waals surface area contributed by atoms with Gasteiger partial charge in [0.25, 0.3) is 5.91 Å². The summed E-state index contributed by atoms with van der Waals surface area (Å²) in [6.45, 7) is 4.87. The van der Waals surface area contributed by atoms with Gasteiger partial charge in [0.2, 0.25) is 0 Å². The summed E-state index contributed by atoms with van der Waals surface area (Å²) < 4.78 is 5.29. The molecule has 0 aromatic heterocycles. The molecule has 7 heteroatoms. The maximum absolute atomic E-state index is 13.8. The zero-order valence-corrected chi connectivity index (χ0v) is 19.1. The minimum absolute atomic E-state index is 0.0126. The van der Waals surface area contributed by atoms with Gasteiger partial charge >= 0.3 is 6.03 Å². The van der Waals surface area contributed by atoms with Crippen LogP contribution < -0.4 is 0 Å². The van der Waals surface area contributed by atoms with Gasteiger partial charge in [-0.25, -0.2) is 4.79 Å². The van der Waals surface area contributed by atoms with E-state index in [0.717, 1.165) is 31.7 Å². The number of nitrogens with zero attached hydrogens (tertiary/aromatic N) is 3. The van der Waals surface area contributed by atoms with Gasteiger partial charge in [-0.2, -0.15) is 11.8 Å². The molecule has 4 rings (SSSR count). The molecule has 1 aliphatic carbocycles. The molecule has 0 radical (unpaired) electrons. The highest BCUT2D eigenvalue weighted by atomic mass is 32.2. The van der Waals surface area contributed by atoms with Crippen LogP contribution in [-0.2, 0) is 22.4 Å². The third kappa shape index (κ3) is 3.65. The zero-order valence-electron chi connectivity index (χ0n) is 18.3. The van der Waals surface area contributed by atoms with Crippen LogP contribution in [0.15, 0.2) is 24.3 Å². The molecule has 2 fully saturated rings. The molecular weight excluding hydrogens is 398 g/mol. The van der Waals surface area contributed by atoms with Crippen LogP contribution in [0.4, 0.5) is 4.79 Å². The molecule has 164 valence electrons. The highest BCUT2D eigenvalue weighted by Gasteiger charge is 2.59. The average Bonchev–Trinajstić information content (AvgIpc) is 3.25. The van der Waals surface area contributed by atoms with Gasteiger partial charge in [0.15, 0.2) is 0 Å². The summed E-state index contributed by atoms with van der Waals surface area (Å²) in [7, 11) is 1.65. The summed E-state index contributed by atoms with van der Waals surface area (Å²) in [4.78, 5) is 33.2. The van der Waals surface area contributed by atoms with Gasteiger partial charge in [0, 0.05) is 44.6 Å². The van der Waals surface area contributed by atoms with Gasteiger partial charge in [-0.1, -0.05) is 24.3 Å². The first kappa shape index (κ1) is 21.7. The van der Waals surface area contributed by atoms with Gasteiger partial charge in [0.1, 0.15) is 5.54 Å². The van der Waals surface area contributed by atoms with Gasteiger partial charge < -0.3 is 9.64 Å². The summed E-state index contributed by atoms with van der Waals surface area (Å²) in [5.41, 5.74) is 1.81. The second-order valence-corrected chi connectivity index (χ2v) is 9.72. The fourth-order valence-corrected chi connectivity index (χ4v) is 6.13. The van der Waals surface area contributed by atoms with Gasteiger partial charge in [-0.3, -0.25) is 14.6 Å². The number of urea groups is 1. The Morgan fingerprint density at radius 2 is 1.80 bits per heavy atom. The summed E-state index contributed by atoms with van der Waals surface area (Å²) >= 11 is 1.85. The van der Waals surface area contributed by atoms with Crippen molar-refractivity contribution in [1.82, 2.24) is 14.7 Å². The van der Waals surface area contributed by atoms with Crippen molar-refractivity contribution in [2.75, 3.05) is 45.4 Å². The zero-order chi connectivity index (χ0) is 21.3. The van der Waals surface area contributed by atoms with E-state index < -0.39 is 5.54 Å². The van der Waals surface area contributed by atoms with Crippen LogP contribution in [0.3, 0.4) is 0 Å². The van der Waals surface area contributed by atoms with Gasteiger partial charge in [0.05, 0.1) is 6.61 Å².